The average Bonchev–Trinajstić information content (AvgIpc) is 2.61. The first kappa shape index (κ1) is 10.7. The van der Waals surface area contributed by atoms with E-state index in [0.29, 0.717) is 12.2 Å². The zero-order valence-corrected chi connectivity index (χ0v) is 9.10. The Labute approximate surface area is 87.7 Å². The maximum absolute atomic E-state index is 8.83. The van der Waals surface area contributed by atoms with E-state index in [-0.39, 0.29) is 0 Å². The van der Waals surface area contributed by atoms with Gasteiger partial charge in [0.05, 0.1) is 12.2 Å². The first-order valence-electron chi connectivity index (χ1n) is 4.48. The lowest BCUT2D eigenvalue weighted by atomic mass is 10.3. The maximum Gasteiger partial charge on any atom is 0.175 e. The first-order valence-corrected chi connectivity index (χ1v) is 5.30. The Morgan fingerprint density at radius 3 is 3.00 bits per heavy atom. The molecule has 0 saturated heterocycles. The van der Waals surface area contributed by atoms with Crippen molar-refractivity contribution in [3.8, 4) is 6.07 Å². The van der Waals surface area contributed by atoms with Gasteiger partial charge in [0.1, 0.15) is 11.1 Å². The van der Waals surface area contributed by atoms with Crippen LogP contribution in [0.2, 0.25) is 0 Å². The van der Waals surface area contributed by atoms with Crippen molar-refractivity contribution in [2.24, 2.45) is 4.99 Å². The molecule has 0 aliphatic rings. The van der Waals surface area contributed by atoms with E-state index in [4.69, 9.17) is 10.00 Å². The molecular formula is C10H12N2OS. The van der Waals surface area contributed by atoms with E-state index < -0.39 is 0 Å². The molecule has 0 N–H and O–H groups in total. The molecule has 1 aromatic rings. The fraction of sp³-hybridized carbons (Fsp3) is 0.400. The Balaban J connectivity index is 2.85. The summed E-state index contributed by atoms with van der Waals surface area (Å²) in [6.07, 6.45) is 2.33. The fourth-order valence-corrected chi connectivity index (χ4v) is 1.82. The average molecular weight is 208 g/mol. The van der Waals surface area contributed by atoms with Crippen LogP contribution in [0.15, 0.2) is 11.1 Å². The number of thiophene rings is 1. The highest BCUT2D eigenvalue weighted by atomic mass is 32.1. The summed E-state index contributed by atoms with van der Waals surface area (Å²) in [7, 11) is 0. The zero-order chi connectivity index (χ0) is 10.4. The van der Waals surface area contributed by atoms with Crippen molar-refractivity contribution in [1.29, 1.82) is 5.26 Å². The van der Waals surface area contributed by atoms with Crippen LogP contribution in [0, 0.1) is 11.3 Å². The molecule has 0 amide bonds. The summed E-state index contributed by atoms with van der Waals surface area (Å²) in [5, 5.41) is 9.56. The van der Waals surface area contributed by atoms with Gasteiger partial charge in [-0.1, -0.05) is 6.92 Å². The monoisotopic (exact) mass is 208 g/mol. The second-order valence-corrected chi connectivity index (χ2v) is 3.70. The quantitative estimate of drug-likeness (QED) is 0.564. The Morgan fingerprint density at radius 1 is 1.64 bits per heavy atom. The molecule has 1 rings (SSSR count). The van der Waals surface area contributed by atoms with Crippen molar-refractivity contribution in [2.45, 2.75) is 20.3 Å². The van der Waals surface area contributed by atoms with Crippen LogP contribution < -0.4 is 0 Å². The SMILES string of the molecule is CCOC=Nc1sc(CC)cc1C#N. The Hall–Kier alpha value is -1.34. The molecule has 74 valence electrons. The van der Waals surface area contributed by atoms with Gasteiger partial charge >= 0.3 is 0 Å². The van der Waals surface area contributed by atoms with Crippen LogP contribution in [-0.2, 0) is 11.2 Å². The van der Waals surface area contributed by atoms with Crippen LogP contribution in [0.3, 0.4) is 0 Å². The number of rotatable bonds is 4. The van der Waals surface area contributed by atoms with E-state index >= 15 is 0 Å². The van der Waals surface area contributed by atoms with Gasteiger partial charge in [0.15, 0.2) is 6.40 Å². The van der Waals surface area contributed by atoms with E-state index in [0.717, 1.165) is 11.4 Å². The van der Waals surface area contributed by atoms with Gasteiger partial charge in [0.2, 0.25) is 0 Å². The summed E-state index contributed by atoms with van der Waals surface area (Å²) in [5.41, 5.74) is 0.628. The van der Waals surface area contributed by atoms with Gasteiger partial charge in [-0.2, -0.15) is 5.26 Å². The molecule has 3 nitrogen and oxygen atoms in total. The summed E-state index contributed by atoms with van der Waals surface area (Å²) in [6.45, 7) is 4.55. The standard InChI is InChI=1S/C10H12N2OS/c1-3-9-5-8(6-11)10(14-9)12-7-13-4-2/h5,7H,3-4H2,1-2H3. The number of hydrogen-bond acceptors (Lipinski definition) is 4. The second kappa shape index (κ2) is 5.40. The van der Waals surface area contributed by atoms with Gasteiger partial charge in [-0.15, -0.1) is 11.3 Å². The number of hydrogen-bond donors (Lipinski definition) is 0. The second-order valence-electron chi connectivity index (χ2n) is 2.59. The lowest BCUT2D eigenvalue weighted by Crippen LogP contribution is -1.83. The van der Waals surface area contributed by atoms with Gasteiger partial charge in [-0.25, -0.2) is 4.99 Å². The molecule has 0 bridgehead atoms. The Morgan fingerprint density at radius 2 is 2.43 bits per heavy atom. The van der Waals surface area contributed by atoms with Gasteiger partial charge in [-0.05, 0) is 19.4 Å². The summed E-state index contributed by atoms with van der Waals surface area (Å²) < 4.78 is 4.99. The fourth-order valence-electron chi connectivity index (χ4n) is 0.941. The summed E-state index contributed by atoms with van der Waals surface area (Å²) in [5.74, 6) is 0. The van der Waals surface area contributed by atoms with Gasteiger partial charge in [0, 0.05) is 4.88 Å². The molecule has 0 unspecified atom stereocenters. The molecule has 0 fully saturated rings. The molecule has 0 atom stereocenters. The van der Waals surface area contributed by atoms with Crippen molar-refractivity contribution < 1.29 is 4.74 Å². The van der Waals surface area contributed by atoms with E-state index in [1.54, 1.807) is 0 Å². The Bertz CT molecular complexity index is 363. The predicted molar refractivity (Wildman–Crippen MR) is 58.2 cm³/mol. The smallest absolute Gasteiger partial charge is 0.175 e. The zero-order valence-electron chi connectivity index (χ0n) is 8.28. The minimum atomic E-state index is 0.595. The van der Waals surface area contributed by atoms with E-state index in [2.05, 4.69) is 18.0 Å². The molecule has 1 heterocycles. The molecule has 0 spiro atoms. The third-order valence-corrected chi connectivity index (χ3v) is 2.83. The van der Waals surface area contributed by atoms with Crippen molar-refractivity contribution in [3.05, 3.63) is 16.5 Å². The molecule has 0 aromatic carbocycles. The molecule has 0 aliphatic heterocycles. The number of aliphatic imine (C=N–C) groups is 1. The number of aryl methyl sites for hydroxylation is 1. The predicted octanol–water partition coefficient (Wildman–Crippen LogP) is 2.88. The summed E-state index contributed by atoms with van der Waals surface area (Å²) in [6, 6.07) is 4.00. The lowest BCUT2D eigenvalue weighted by molar-refractivity contribution is 0.344. The van der Waals surface area contributed by atoms with Crippen molar-refractivity contribution >= 4 is 22.7 Å². The van der Waals surface area contributed by atoms with Crippen LogP contribution in [0.5, 0.6) is 0 Å². The maximum atomic E-state index is 8.83. The van der Waals surface area contributed by atoms with E-state index in [1.165, 1.54) is 22.6 Å². The third-order valence-electron chi connectivity index (χ3n) is 1.64. The lowest BCUT2D eigenvalue weighted by Gasteiger charge is -1.90. The number of nitrogens with zero attached hydrogens (tertiary/aromatic N) is 2. The molecular weight excluding hydrogens is 196 g/mol. The molecule has 1 aromatic heterocycles. The van der Waals surface area contributed by atoms with Crippen LogP contribution in [0.4, 0.5) is 5.00 Å². The van der Waals surface area contributed by atoms with Crippen molar-refractivity contribution in [1.82, 2.24) is 0 Å². The number of ether oxygens (including phenoxy) is 1. The number of nitriles is 1. The first-order chi connectivity index (χ1) is 6.81. The molecule has 4 heteroatoms. The van der Waals surface area contributed by atoms with Gasteiger partial charge < -0.3 is 4.74 Å². The van der Waals surface area contributed by atoms with E-state index in [9.17, 15) is 0 Å². The highest BCUT2D eigenvalue weighted by molar-refractivity contribution is 7.16. The molecule has 14 heavy (non-hydrogen) atoms. The van der Waals surface area contributed by atoms with Gasteiger partial charge in [-0.3, -0.25) is 0 Å². The van der Waals surface area contributed by atoms with Crippen molar-refractivity contribution in [2.75, 3.05) is 6.61 Å². The topological polar surface area (TPSA) is 45.4 Å². The molecule has 0 aliphatic carbocycles. The third kappa shape index (κ3) is 2.57. The minimum Gasteiger partial charge on any atom is -0.483 e. The van der Waals surface area contributed by atoms with Crippen LogP contribution >= 0.6 is 11.3 Å². The minimum absolute atomic E-state index is 0.595. The van der Waals surface area contributed by atoms with Crippen LogP contribution in [-0.4, -0.2) is 13.0 Å². The molecule has 0 saturated carbocycles. The van der Waals surface area contributed by atoms with Crippen molar-refractivity contribution in [3.63, 3.8) is 0 Å². The Kier molecular flexibility index (Phi) is 4.14. The van der Waals surface area contributed by atoms with Gasteiger partial charge in [0.25, 0.3) is 0 Å². The summed E-state index contributed by atoms with van der Waals surface area (Å²) in [4.78, 5) is 5.26. The summed E-state index contributed by atoms with van der Waals surface area (Å²) >= 11 is 1.53. The highest BCUT2D eigenvalue weighted by Gasteiger charge is 2.05. The van der Waals surface area contributed by atoms with Crippen LogP contribution in [0.25, 0.3) is 0 Å². The normalized spacial score (nSPS) is 10.4. The van der Waals surface area contributed by atoms with E-state index in [1.807, 2.05) is 13.0 Å². The van der Waals surface area contributed by atoms with Crippen LogP contribution in [0.1, 0.15) is 24.3 Å². The highest BCUT2D eigenvalue weighted by Crippen LogP contribution is 2.30. The largest absolute Gasteiger partial charge is 0.483 e. The molecule has 0 radical (unpaired) electrons.